The topological polar surface area (TPSA) is 111 Å². The van der Waals surface area contributed by atoms with Crippen LogP contribution in [0.5, 0.6) is 0 Å². The number of pyridine rings is 1. The zero-order chi connectivity index (χ0) is 17.5. The largest absolute Gasteiger partial charge is 0.481 e. The molecule has 0 bridgehead atoms. The molecule has 1 aromatic rings. The van der Waals surface area contributed by atoms with Crippen LogP contribution in [0, 0.1) is 18.3 Å². The molecular weight excluding hydrogens is 312 g/mol. The third-order valence-corrected chi connectivity index (χ3v) is 5.07. The van der Waals surface area contributed by atoms with E-state index in [2.05, 4.69) is 4.98 Å². The Labute approximate surface area is 139 Å². The van der Waals surface area contributed by atoms with Crippen LogP contribution in [-0.4, -0.2) is 51.4 Å². The molecule has 7 heteroatoms. The van der Waals surface area contributed by atoms with Crippen molar-refractivity contribution in [2.24, 2.45) is 11.3 Å². The number of hydrogen-bond acceptors (Lipinski definition) is 5. The molecule has 2 fully saturated rings. The second kappa shape index (κ2) is 6.05. The van der Waals surface area contributed by atoms with E-state index in [0.717, 1.165) is 12.8 Å². The van der Waals surface area contributed by atoms with E-state index < -0.39 is 23.5 Å². The highest BCUT2D eigenvalue weighted by Gasteiger charge is 2.52. The summed E-state index contributed by atoms with van der Waals surface area (Å²) >= 11 is 0. The Morgan fingerprint density at radius 3 is 2.58 bits per heavy atom. The summed E-state index contributed by atoms with van der Waals surface area (Å²) in [5.74, 6) is -1.21. The first-order valence-corrected chi connectivity index (χ1v) is 8.20. The Kier molecular flexibility index (Phi) is 4.21. The minimum absolute atomic E-state index is 0.131. The fourth-order valence-corrected chi connectivity index (χ4v) is 3.55. The quantitative estimate of drug-likeness (QED) is 0.749. The number of aryl methyl sites for hydroxylation is 1. The molecule has 1 aliphatic carbocycles. The third-order valence-electron chi connectivity index (χ3n) is 5.07. The van der Waals surface area contributed by atoms with E-state index in [-0.39, 0.29) is 12.1 Å². The predicted octanol–water partition coefficient (Wildman–Crippen LogP) is 1.53. The molecule has 2 atom stereocenters. The van der Waals surface area contributed by atoms with E-state index >= 15 is 0 Å². The van der Waals surface area contributed by atoms with Gasteiger partial charge in [-0.25, -0.2) is 9.78 Å². The van der Waals surface area contributed by atoms with Gasteiger partial charge < -0.3 is 20.2 Å². The molecule has 1 saturated heterocycles. The van der Waals surface area contributed by atoms with Crippen LogP contribution < -0.4 is 4.90 Å². The number of piperidine rings is 1. The number of rotatable bonds is 5. The lowest BCUT2D eigenvalue weighted by atomic mass is 9.73. The second-order valence-corrected chi connectivity index (χ2v) is 7.00. The summed E-state index contributed by atoms with van der Waals surface area (Å²) in [7, 11) is 0. The monoisotopic (exact) mass is 334 g/mol. The number of anilines is 1. The lowest BCUT2D eigenvalue weighted by Gasteiger charge is -2.44. The highest BCUT2D eigenvalue weighted by molar-refractivity contribution is 5.88. The van der Waals surface area contributed by atoms with Gasteiger partial charge in [-0.1, -0.05) is 12.8 Å². The molecule has 7 nitrogen and oxygen atoms in total. The summed E-state index contributed by atoms with van der Waals surface area (Å²) in [4.78, 5) is 29.4. The maximum Gasteiger partial charge on any atom is 0.335 e. The van der Waals surface area contributed by atoms with Gasteiger partial charge in [0.2, 0.25) is 0 Å². The first kappa shape index (κ1) is 16.7. The summed E-state index contributed by atoms with van der Waals surface area (Å²) in [5.41, 5.74) is -0.514. The van der Waals surface area contributed by atoms with Gasteiger partial charge in [-0.15, -0.1) is 0 Å². The van der Waals surface area contributed by atoms with Crippen molar-refractivity contribution in [3.63, 3.8) is 0 Å². The zero-order valence-corrected chi connectivity index (χ0v) is 13.6. The first-order chi connectivity index (χ1) is 11.3. The van der Waals surface area contributed by atoms with Crippen LogP contribution >= 0.6 is 0 Å². The van der Waals surface area contributed by atoms with Crippen LogP contribution in [0.2, 0.25) is 0 Å². The van der Waals surface area contributed by atoms with Crippen molar-refractivity contribution in [1.82, 2.24) is 4.98 Å². The lowest BCUT2D eigenvalue weighted by molar-refractivity contribution is -0.158. The normalized spacial score (nSPS) is 27.1. The molecule has 2 aliphatic rings. The molecule has 3 rings (SSSR count). The van der Waals surface area contributed by atoms with Crippen LogP contribution in [0.3, 0.4) is 0 Å². The van der Waals surface area contributed by atoms with E-state index in [0.29, 0.717) is 36.8 Å². The van der Waals surface area contributed by atoms with Crippen molar-refractivity contribution in [2.45, 2.75) is 38.7 Å². The molecule has 1 aliphatic heterocycles. The van der Waals surface area contributed by atoms with E-state index in [1.165, 1.54) is 12.1 Å². The van der Waals surface area contributed by atoms with E-state index in [4.69, 9.17) is 0 Å². The third kappa shape index (κ3) is 3.08. The van der Waals surface area contributed by atoms with Crippen molar-refractivity contribution >= 4 is 17.8 Å². The average molecular weight is 334 g/mol. The number of carbonyl (C=O) groups is 2. The lowest BCUT2D eigenvalue weighted by Crippen LogP contribution is -2.56. The van der Waals surface area contributed by atoms with Crippen LogP contribution in [0.25, 0.3) is 0 Å². The van der Waals surface area contributed by atoms with Crippen molar-refractivity contribution in [3.8, 4) is 0 Å². The van der Waals surface area contributed by atoms with Gasteiger partial charge in [-0.05, 0) is 37.8 Å². The molecule has 2 heterocycles. The number of carboxylic acid groups (broad SMARTS) is 2. The number of aromatic nitrogens is 1. The average Bonchev–Trinajstić information content (AvgIpc) is 3.32. The molecule has 0 amide bonds. The number of nitrogens with zero attached hydrogens (tertiary/aromatic N) is 2. The minimum atomic E-state index is -1.21. The van der Waals surface area contributed by atoms with Crippen molar-refractivity contribution in [3.05, 3.63) is 23.4 Å². The van der Waals surface area contributed by atoms with Crippen LogP contribution in [-0.2, 0) is 4.79 Å². The molecule has 0 aromatic carbocycles. The smallest absolute Gasteiger partial charge is 0.335 e. The SMILES string of the molecule is Cc1cc(C(=O)O)cc(N2CC[C@@H](O)[C@@](CC3CC3)(C(=O)O)C2)n1. The maximum absolute atomic E-state index is 12.0. The number of aliphatic hydroxyl groups is 1. The molecule has 3 N–H and O–H groups in total. The molecule has 1 aromatic heterocycles. The Morgan fingerprint density at radius 2 is 2.00 bits per heavy atom. The number of aliphatic hydroxyl groups excluding tert-OH is 1. The Balaban J connectivity index is 1.92. The number of carboxylic acids is 2. The number of aromatic carboxylic acids is 1. The molecule has 24 heavy (non-hydrogen) atoms. The second-order valence-electron chi connectivity index (χ2n) is 7.00. The van der Waals surface area contributed by atoms with Gasteiger partial charge in [-0.2, -0.15) is 0 Å². The zero-order valence-electron chi connectivity index (χ0n) is 13.6. The first-order valence-electron chi connectivity index (χ1n) is 8.20. The molecule has 0 radical (unpaired) electrons. The van der Waals surface area contributed by atoms with Gasteiger partial charge in [-0.3, -0.25) is 4.79 Å². The fraction of sp³-hybridized carbons (Fsp3) is 0.588. The van der Waals surface area contributed by atoms with Crippen LogP contribution in [0.15, 0.2) is 12.1 Å². The summed E-state index contributed by atoms with van der Waals surface area (Å²) in [6.45, 7) is 2.31. The van der Waals surface area contributed by atoms with Gasteiger partial charge in [0.25, 0.3) is 0 Å². The summed E-state index contributed by atoms with van der Waals surface area (Å²) in [5, 5.41) is 29.4. The van der Waals surface area contributed by atoms with Crippen molar-refractivity contribution < 1.29 is 24.9 Å². The molecule has 1 saturated carbocycles. The van der Waals surface area contributed by atoms with Gasteiger partial charge in [0, 0.05) is 18.8 Å². The number of aliphatic carboxylic acids is 1. The highest BCUT2D eigenvalue weighted by atomic mass is 16.4. The highest BCUT2D eigenvalue weighted by Crippen LogP contribution is 2.45. The molecule has 130 valence electrons. The minimum Gasteiger partial charge on any atom is -0.481 e. The predicted molar refractivity (Wildman–Crippen MR) is 86.2 cm³/mol. The van der Waals surface area contributed by atoms with Crippen LogP contribution in [0.4, 0.5) is 5.82 Å². The molecular formula is C17H22N2O5. The van der Waals surface area contributed by atoms with Crippen LogP contribution in [0.1, 0.15) is 41.7 Å². The van der Waals surface area contributed by atoms with Gasteiger partial charge in [0.1, 0.15) is 11.2 Å². The summed E-state index contributed by atoms with van der Waals surface area (Å²) in [6.07, 6.45) is 1.91. The molecule has 0 spiro atoms. The van der Waals surface area contributed by atoms with E-state index in [1.807, 2.05) is 0 Å². The van der Waals surface area contributed by atoms with Crippen molar-refractivity contribution in [1.29, 1.82) is 0 Å². The van der Waals surface area contributed by atoms with Gasteiger partial charge in [0.05, 0.1) is 11.7 Å². The standard InChI is InChI=1S/C17H22N2O5/c1-10-6-12(15(21)22)7-14(18-10)19-5-4-13(20)17(9-19,16(23)24)8-11-2-3-11/h6-7,11,13,20H,2-5,8-9H2,1H3,(H,21,22)(H,23,24)/t13-,17+/m1/s1. The maximum atomic E-state index is 12.0. The van der Waals surface area contributed by atoms with Gasteiger partial charge in [0.15, 0.2) is 0 Å². The number of hydrogen-bond donors (Lipinski definition) is 3. The van der Waals surface area contributed by atoms with Crippen molar-refractivity contribution in [2.75, 3.05) is 18.0 Å². The van der Waals surface area contributed by atoms with E-state index in [9.17, 15) is 24.9 Å². The Hall–Kier alpha value is -2.15. The molecule has 0 unspecified atom stereocenters. The summed E-state index contributed by atoms with van der Waals surface area (Å²) in [6, 6.07) is 2.95. The van der Waals surface area contributed by atoms with Gasteiger partial charge >= 0.3 is 11.9 Å². The fourth-order valence-electron chi connectivity index (χ4n) is 3.55. The Bertz CT molecular complexity index is 673. The Morgan fingerprint density at radius 1 is 1.29 bits per heavy atom. The van der Waals surface area contributed by atoms with E-state index in [1.54, 1.807) is 11.8 Å². The summed E-state index contributed by atoms with van der Waals surface area (Å²) < 4.78 is 0.